The molecule has 1 aromatic carbocycles. The van der Waals surface area contributed by atoms with Crippen LogP contribution in [0.15, 0.2) is 30.3 Å². The summed E-state index contributed by atoms with van der Waals surface area (Å²) < 4.78 is -0.524. The van der Waals surface area contributed by atoms with Gasteiger partial charge in [-0.05, 0) is 44.1 Å². The minimum atomic E-state index is -0.530. The molecule has 3 amide bonds. The molecule has 186 valence electrons. The second kappa shape index (κ2) is 11.1. The Kier molecular flexibility index (Phi) is 8.19. The molecule has 3 heterocycles. The lowest BCUT2D eigenvalue weighted by Crippen LogP contribution is -2.54. The Labute approximate surface area is 206 Å². The highest BCUT2D eigenvalue weighted by Gasteiger charge is 2.73. The average molecular weight is 488 g/mol. The number of aliphatic hydroxyl groups excluding tert-OH is 1. The minimum Gasteiger partial charge on any atom is -0.396 e. The molecule has 1 spiro atoms. The van der Waals surface area contributed by atoms with Crippen molar-refractivity contribution in [1.29, 1.82) is 0 Å². The molecule has 34 heavy (non-hydrogen) atoms. The molecule has 3 aliphatic heterocycles. The molecule has 7 nitrogen and oxygen atoms in total. The van der Waals surface area contributed by atoms with Crippen molar-refractivity contribution >= 4 is 29.5 Å². The van der Waals surface area contributed by atoms with E-state index >= 15 is 0 Å². The van der Waals surface area contributed by atoms with Gasteiger partial charge in [0.15, 0.2) is 0 Å². The first-order valence-corrected chi connectivity index (χ1v) is 13.6. The van der Waals surface area contributed by atoms with E-state index in [0.29, 0.717) is 26.1 Å². The third-order valence-corrected chi connectivity index (χ3v) is 9.50. The van der Waals surface area contributed by atoms with E-state index in [-0.39, 0.29) is 29.6 Å². The van der Waals surface area contributed by atoms with Crippen molar-refractivity contribution in [2.75, 3.05) is 19.7 Å². The van der Waals surface area contributed by atoms with Crippen molar-refractivity contribution in [3.63, 3.8) is 0 Å². The van der Waals surface area contributed by atoms with E-state index in [1.54, 1.807) is 16.7 Å². The van der Waals surface area contributed by atoms with Crippen LogP contribution in [-0.4, -0.2) is 63.5 Å². The zero-order valence-electron chi connectivity index (χ0n) is 20.0. The van der Waals surface area contributed by atoms with Gasteiger partial charge in [0.05, 0.1) is 16.6 Å². The van der Waals surface area contributed by atoms with Crippen molar-refractivity contribution < 1.29 is 19.5 Å². The lowest BCUT2D eigenvalue weighted by molar-refractivity contribution is -0.140. The fourth-order valence-corrected chi connectivity index (χ4v) is 8.17. The highest BCUT2D eigenvalue weighted by molar-refractivity contribution is 8.02. The predicted octanol–water partition coefficient (Wildman–Crippen LogP) is 2.47. The Morgan fingerprint density at radius 2 is 1.91 bits per heavy atom. The minimum absolute atomic E-state index is 0.0470. The third-order valence-electron chi connectivity index (χ3n) is 7.55. The van der Waals surface area contributed by atoms with Gasteiger partial charge in [-0.2, -0.15) is 0 Å². The lowest BCUT2D eigenvalue weighted by Gasteiger charge is -2.34. The fourth-order valence-electron chi connectivity index (χ4n) is 5.95. The first-order chi connectivity index (χ1) is 16.5. The number of fused-ring (bicyclic) bond motifs is 1. The zero-order valence-corrected chi connectivity index (χ0v) is 20.8. The van der Waals surface area contributed by atoms with Crippen LogP contribution in [0, 0.1) is 11.8 Å². The van der Waals surface area contributed by atoms with E-state index < -0.39 is 22.6 Å². The SMILES string of the molecule is CCCCNC(=O)C1N(CCCCCO)C(=O)[C@@H]2[C@@H](C(=O)NCc3ccccc3)[C@H]3CCC12S3. The molecule has 3 aliphatic rings. The van der Waals surface area contributed by atoms with Crippen LogP contribution in [0.25, 0.3) is 0 Å². The van der Waals surface area contributed by atoms with Crippen LogP contribution in [0.2, 0.25) is 0 Å². The molecule has 8 heteroatoms. The third kappa shape index (κ3) is 4.71. The van der Waals surface area contributed by atoms with Gasteiger partial charge in [-0.1, -0.05) is 43.7 Å². The molecule has 0 saturated carbocycles. The molecule has 1 aromatic rings. The Morgan fingerprint density at radius 3 is 2.65 bits per heavy atom. The number of unbranched alkanes of at least 4 members (excludes halogenated alkanes) is 3. The number of thioether (sulfide) groups is 1. The fraction of sp³-hybridized carbons (Fsp3) is 0.654. The van der Waals surface area contributed by atoms with Crippen molar-refractivity contribution in [1.82, 2.24) is 15.5 Å². The summed E-state index contributed by atoms with van der Waals surface area (Å²) >= 11 is 1.71. The Morgan fingerprint density at radius 1 is 1.12 bits per heavy atom. The van der Waals surface area contributed by atoms with Crippen LogP contribution in [-0.2, 0) is 20.9 Å². The van der Waals surface area contributed by atoms with Gasteiger partial charge in [0.1, 0.15) is 6.04 Å². The maximum atomic E-state index is 13.8. The smallest absolute Gasteiger partial charge is 0.244 e. The van der Waals surface area contributed by atoms with Crippen LogP contribution in [0.4, 0.5) is 0 Å². The first-order valence-electron chi connectivity index (χ1n) is 12.7. The molecular formula is C26H37N3O4S. The summed E-state index contributed by atoms with van der Waals surface area (Å²) in [5.74, 6) is -1.05. The molecule has 0 radical (unpaired) electrons. The number of aliphatic hydroxyl groups is 1. The second-order valence-corrected chi connectivity index (χ2v) is 11.3. The standard InChI is InChI=1S/C26H37N3O4S/c1-2-3-14-27-24(32)22-26-13-12-19(34-26)20(23(31)28-17-18-10-6-4-7-11-18)21(26)25(33)29(22)15-8-5-9-16-30/h4,6-7,10-11,19-22,30H,2-3,5,8-9,12-17H2,1H3,(H,27,32)(H,28,31)/t19-,20+,21+,22?,26?/m1/s1. The van der Waals surface area contributed by atoms with Gasteiger partial charge in [0, 0.05) is 31.5 Å². The summed E-state index contributed by atoms with van der Waals surface area (Å²) in [5, 5.41) is 15.3. The maximum Gasteiger partial charge on any atom is 0.244 e. The Bertz CT molecular complexity index is 882. The average Bonchev–Trinajstić information content (AvgIpc) is 3.48. The largest absolute Gasteiger partial charge is 0.396 e. The number of carbonyl (C=O) groups is 3. The molecule has 2 unspecified atom stereocenters. The number of hydrogen-bond acceptors (Lipinski definition) is 5. The summed E-state index contributed by atoms with van der Waals surface area (Å²) in [6, 6.07) is 9.25. The van der Waals surface area contributed by atoms with Crippen LogP contribution in [0.5, 0.6) is 0 Å². The number of rotatable bonds is 12. The van der Waals surface area contributed by atoms with E-state index in [1.165, 1.54) is 0 Å². The topological polar surface area (TPSA) is 98.7 Å². The van der Waals surface area contributed by atoms with Gasteiger partial charge in [-0.25, -0.2) is 0 Å². The van der Waals surface area contributed by atoms with Crippen molar-refractivity contribution in [2.24, 2.45) is 11.8 Å². The van der Waals surface area contributed by atoms with Gasteiger partial charge < -0.3 is 20.6 Å². The molecule has 0 aromatic heterocycles. The molecule has 3 N–H and O–H groups in total. The number of amides is 3. The zero-order chi connectivity index (χ0) is 24.1. The lowest BCUT2D eigenvalue weighted by atomic mass is 9.70. The summed E-state index contributed by atoms with van der Waals surface area (Å²) in [6.07, 6.45) is 5.77. The van der Waals surface area contributed by atoms with Crippen LogP contribution in [0.3, 0.4) is 0 Å². The predicted molar refractivity (Wildman–Crippen MR) is 133 cm³/mol. The van der Waals surface area contributed by atoms with Gasteiger partial charge in [0.2, 0.25) is 17.7 Å². The second-order valence-electron chi connectivity index (χ2n) is 9.72. The summed E-state index contributed by atoms with van der Waals surface area (Å²) in [4.78, 5) is 42.3. The van der Waals surface area contributed by atoms with E-state index in [9.17, 15) is 14.4 Å². The van der Waals surface area contributed by atoms with Crippen molar-refractivity contribution in [2.45, 2.75) is 74.5 Å². The van der Waals surface area contributed by atoms with Crippen LogP contribution < -0.4 is 10.6 Å². The highest BCUT2D eigenvalue weighted by atomic mass is 32.2. The molecule has 0 aliphatic carbocycles. The number of carbonyl (C=O) groups excluding carboxylic acids is 3. The van der Waals surface area contributed by atoms with Crippen LogP contribution in [0.1, 0.15) is 57.4 Å². The van der Waals surface area contributed by atoms with Crippen molar-refractivity contribution in [3.05, 3.63) is 35.9 Å². The number of benzene rings is 1. The summed E-state index contributed by atoms with van der Waals surface area (Å²) in [7, 11) is 0. The van der Waals surface area contributed by atoms with Gasteiger partial charge in [-0.3, -0.25) is 14.4 Å². The van der Waals surface area contributed by atoms with Crippen molar-refractivity contribution in [3.8, 4) is 0 Å². The first kappa shape index (κ1) is 25.0. The van der Waals surface area contributed by atoms with E-state index in [1.807, 2.05) is 30.3 Å². The maximum absolute atomic E-state index is 13.8. The molecule has 2 bridgehead atoms. The van der Waals surface area contributed by atoms with Crippen LogP contribution >= 0.6 is 11.8 Å². The molecule has 5 atom stereocenters. The number of nitrogens with zero attached hydrogens (tertiary/aromatic N) is 1. The number of likely N-dealkylation sites (tertiary alicyclic amines) is 1. The van der Waals surface area contributed by atoms with E-state index in [2.05, 4.69) is 17.6 Å². The van der Waals surface area contributed by atoms with E-state index in [4.69, 9.17) is 5.11 Å². The van der Waals surface area contributed by atoms with E-state index in [0.717, 1.165) is 44.1 Å². The molecule has 3 saturated heterocycles. The quantitative estimate of drug-likeness (QED) is 0.394. The Hall–Kier alpha value is -2.06. The molecule has 4 rings (SSSR count). The molecule has 3 fully saturated rings. The van der Waals surface area contributed by atoms with Gasteiger partial charge in [-0.15, -0.1) is 11.8 Å². The molecular weight excluding hydrogens is 450 g/mol. The summed E-state index contributed by atoms with van der Waals surface area (Å²) in [6.45, 7) is 3.75. The monoisotopic (exact) mass is 487 g/mol. The highest BCUT2D eigenvalue weighted by Crippen LogP contribution is 2.66. The Balaban J connectivity index is 1.53. The number of nitrogens with one attached hydrogen (secondary N) is 2. The van der Waals surface area contributed by atoms with Gasteiger partial charge in [0.25, 0.3) is 0 Å². The number of hydrogen-bond donors (Lipinski definition) is 3. The summed E-state index contributed by atoms with van der Waals surface area (Å²) in [5.41, 5.74) is 1.03. The normalized spacial score (nSPS) is 29.4. The van der Waals surface area contributed by atoms with Gasteiger partial charge >= 0.3 is 0 Å².